The SMILES string of the molecule is CC(C)N1C=CN(c2cccc(Oc3ccc4cnn(-c5cc(C(C)(C)C)ccn5)c4c3)c2)C1. The molecule has 0 saturated heterocycles. The van der Waals surface area contributed by atoms with E-state index < -0.39 is 0 Å². The number of anilines is 1. The number of aromatic nitrogens is 3. The predicted octanol–water partition coefficient (Wildman–Crippen LogP) is 6.47. The first-order chi connectivity index (χ1) is 16.3. The van der Waals surface area contributed by atoms with Gasteiger partial charge in [0.25, 0.3) is 0 Å². The number of rotatable bonds is 5. The molecule has 0 N–H and O–H groups in total. The molecule has 6 heteroatoms. The largest absolute Gasteiger partial charge is 0.457 e. The number of hydrogen-bond donors (Lipinski definition) is 0. The minimum atomic E-state index is 0.0384. The van der Waals surface area contributed by atoms with Crippen molar-refractivity contribution in [3.05, 3.63) is 85.0 Å². The number of nitrogens with zero attached hydrogens (tertiary/aromatic N) is 5. The second kappa shape index (κ2) is 8.52. The summed E-state index contributed by atoms with van der Waals surface area (Å²) in [4.78, 5) is 9.10. The molecular weight excluding hydrogens is 422 g/mol. The van der Waals surface area contributed by atoms with Crippen molar-refractivity contribution in [1.82, 2.24) is 19.7 Å². The Bertz CT molecular complexity index is 1350. The first kappa shape index (κ1) is 22.0. The maximum Gasteiger partial charge on any atom is 0.154 e. The summed E-state index contributed by atoms with van der Waals surface area (Å²) in [5, 5.41) is 5.65. The molecule has 3 heterocycles. The van der Waals surface area contributed by atoms with E-state index in [-0.39, 0.29) is 5.41 Å². The number of benzene rings is 2. The van der Waals surface area contributed by atoms with E-state index >= 15 is 0 Å². The fourth-order valence-electron chi connectivity index (χ4n) is 4.05. The highest BCUT2D eigenvalue weighted by atomic mass is 16.5. The molecule has 174 valence electrons. The molecule has 5 rings (SSSR count). The van der Waals surface area contributed by atoms with Crippen LogP contribution in [0.4, 0.5) is 5.69 Å². The first-order valence-electron chi connectivity index (χ1n) is 11.7. The lowest BCUT2D eigenvalue weighted by molar-refractivity contribution is 0.336. The summed E-state index contributed by atoms with van der Waals surface area (Å²) in [7, 11) is 0. The lowest BCUT2D eigenvalue weighted by Gasteiger charge is -2.24. The van der Waals surface area contributed by atoms with E-state index in [1.165, 1.54) is 5.56 Å². The fraction of sp³-hybridized carbons (Fsp3) is 0.286. The Hall–Kier alpha value is -3.80. The highest BCUT2D eigenvalue weighted by Gasteiger charge is 2.17. The van der Waals surface area contributed by atoms with Crippen LogP contribution in [0.15, 0.2) is 79.4 Å². The van der Waals surface area contributed by atoms with Crippen molar-refractivity contribution < 1.29 is 4.74 Å². The molecule has 2 aromatic carbocycles. The Morgan fingerprint density at radius 1 is 0.941 bits per heavy atom. The standard InChI is InChI=1S/C28H31N5O/c1-20(2)31-13-14-32(19-31)23-7-6-8-24(16-23)34-25-10-9-21-18-30-33(26(21)17-25)27-15-22(11-12-29-27)28(3,4)5/h6-18,20H,19H2,1-5H3. The zero-order valence-corrected chi connectivity index (χ0v) is 20.4. The lowest BCUT2D eigenvalue weighted by Crippen LogP contribution is -2.30. The molecule has 4 aromatic rings. The smallest absolute Gasteiger partial charge is 0.154 e. The van der Waals surface area contributed by atoms with Gasteiger partial charge in [-0.15, -0.1) is 0 Å². The van der Waals surface area contributed by atoms with Crippen molar-refractivity contribution >= 4 is 16.6 Å². The fourth-order valence-corrected chi connectivity index (χ4v) is 4.05. The van der Waals surface area contributed by atoms with Gasteiger partial charge in [-0.05, 0) is 61.2 Å². The maximum atomic E-state index is 6.27. The van der Waals surface area contributed by atoms with Gasteiger partial charge in [-0.1, -0.05) is 26.8 Å². The maximum absolute atomic E-state index is 6.27. The number of fused-ring (bicyclic) bond motifs is 1. The molecule has 0 bridgehead atoms. The Morgan fingerprint density at radius 2 is 1.76 bits per heavy atom. The molecule has 6 nitrogen and oxygen atoms in total. The van der Waals surface area contributed by atoms with Gasteiger partial charge in [0.15, 0.2) is 5.82 Å². The van der Waals surface area contributed by atoms with Gasteiger partial charge in [0.1, 0.15) is 11.5 Å². The highest BCUT2D eigenvalue weighted by molar-refractivity contribution is 5.81. The van der Waals surface area contributed by atoms with Crippen LogP contribution in [0.2, 0.25) is 0 Å². The van der Waals surface area contributed by atoms with Crippen LogP contribution >= 0.6 is 0 Å². The zero-order valence-electron chi connectivity index (χ0n) is 20.4. The van der Waals surface area contributed by atoms with Crippen LogP contribution in [-0.4, -0.2) is 32.4 Å². The first-order valence-corrected chi connectivity index (χ1v) is 11.7. The molecule has 0 fully saturated rings. The van der Waals surface area contributed by atoms with E-state index in [4.69, 9.17) is 4.74 Å². The minimum absolute atomic E-state index is 0.0384. The average Bonchev–Trinajstić information content (AvgIpc) is 3.46. The van der Waals surface area contributed by atoms with Crippen molar-refractivity contribution in [2.75, 3.05) is 11.6 Å². The minimum Gasteiger partial charge on any atom is -0.457 e. The highest BCUT2D eigenvalue weighted by Crippen LogP contribution is 2.31. The van der Waals surface area contributed by atoms with Crippen molar-refractivity contribution in [3.8, 4) is 17.3 Å². The molecule has 1 aliphatic heterocycles. The topological polar surface area (TPSA) is 46.4 Å². The van der Waals surface area contributed by atoms with E-state index in [1.54, 1.807) is 0 Å². The molecule has 1 aliphatic rings. The van der Waals surface area contributed by atoms with Gasteiger partial charge in [-0.2, -0.15) is 5.10 Å². The molecular formula is C28H31N5O. The van der Waals surface area contributed by atoms with Crippen LogP contribution in [0.1, 0.15) is 40.2 Å². The molecule has 2 aromatic heterocycles. The quantitative estimate of drug-likeness (QED) is 0.347. The molecule has 0 atom stereocenters. The van der Waals surface area contributed by atoms with Gasteiger partial charge in [0, 0.05) is 47.8 Å². The van der Waals surface area contributed by atoms with Crippen LogP contribution in [-0.2, 0) is 5.41 Å². The second-order valence-corrected chi connectivity index (χ2v) is 10.0. The van der Waals surface area contributed by atoms with Crippen molar-refractivity contribution in [2.24, 2.45) is 0 Å². The lowest BCUT2D eigenvalue weighted by atomic mass is 9.88. The molecule has 0 amide bonds. The van der Waals surface area contributed by atoms with E-state index in [1.807, 2.05) is 47.4 Å². The third-order valence-electron chi connectivity index (χ3n) is 6.17. The van der Waals surface area contributed by atoms with Crippen LogP contribution in [0.5, 0.6) is 11.5 Å². The summed E-state index contributed by atoms with van der Waals surface area (Å²) in [5.74, 6) is 2.36. The predicted molar refractivity (Wildman–Crippen MR) is 138 cm³/mol. The normalized spacial score (nSPS) is 13.9. The summed E-state index contributed by atoms with van der Waals surface area (Å²) in [5.41, 5.74) is 3.32. The van der Waals surface area contributed by atoms with Crippen LogP contribution in [0.25, 0.3) is 16.7 Å². The van der Waals surface area contributed by atoms with Gasteiger partial charge >= 0.3 is 0 Å². The van der Waals surface area contributed by atoms with Gasteiger partial charge in [0.05, 0.1) is 18.4 Å². The van der Waals surface area contributed by atoms with E-state index in [2.05, 4.69) is 91.2 Å². The van der Waals surface area contributed by atoms with E-state index in [0.717, 1.165) is 40.6 Å². The van der Waals surface area contributed by atoms with Crippen molar-refractivity contribution in [3.63, 3.8) is 0 Å². The molecule has 34 heavy (non-hydrogen) atoms. The number of ether oxygens (including phenoxy) is 1. The van der Waals surface area contributed by atoms with Crippen molar-refractivity contribution in [2.45, 2.75) is 46.1 Å². The third-order valence-corrected chi connectivity index (χ3v) is 6.17. The molecule has 0 radical (unpaired) electrons. The Balaban J connectivity index is 1.42. The zero-order chi connectivity index (χ0) is 23.9. The average molecular weight is 454 g/mol. The summed E-state index contributed by atoms with van der Waals surface area (Å²) in [6.07, 6.45) is 7.96. The van der Waals surface area contributed by atoms with Crippen molar-refractivity contribution in [1.29, 1.82) is 0 Å². The summed E-state index contributed by atoms with van der Waals surface area (Å²) in [6.45, 7) is 11.8. The summed E-state index contributed by atoms with van der Waals surface area (Å²) < 4.78 is 8.15. The van der Waals surface area contributed by atoms with Crippen LogP contribution in [0.3, 0.4) is 0 Å². The van der Waals surface area contributed by atoms with Gasteiger partial charge in [-0.25, -0.2) is 9.67 Å². The second-order valence-electron chi connectivity index (χ2n) is 10.0. The number of pyridine rings is 1. The Morgan fingerprint density at radius 3 is 2.53 bits per heavy atom. The van der Waals surface area contributed by atoms with Gasteiger partial charge in [0.2, 0.25) is 0 Å². The van der Waals surface area contributed by atoms with Gasteiger partial charge in [-0.3, -0.25) is 0 Å². The molecule has 0 spiro atoms. The third kappa shape index (κ3) is 4.36. The molecule has 0 aliphatic carbocycles. The monoisotopic (exact) mass is 453 g/mol. The van der Waals surface area contributed by atoms with E-state index in [0.29, 0.717) is 6.04 Å². The molecule has 0 unspecified atom stereocenters. The van der Waals surface area contributed by atoms with Gasteiger partial charge < -0.3 is 14.5 Å². The Kier molecular flexibility index (Phi) is 5.52. The Labute approximate surface area is 201 Å². The molecule has 0 saturated carbocycles. The summed E-state index contributed by atoms with van der Waals surface area (Å²) in [6, 6.07) is 18.9. The van der Waals surface area contributed by atoms with Crippen LogP contribution < -0.4 is 9.64 Å². The summed E-state index contributed by atoms with van der Waals surface area (Å²) >= 11 is 0. The van der Waals surface area contributed by atoms with E-state index in [9.17, 15) is 0 Å². The number of hydrogen-bond acceptors (Lipinski definition) is 5. The van der Waals surface area contributed by atoms with Crippen LogP contribution in [0, 0.1) is 0 Å².